The minimum atomic E-state index is -0.0929. The third-order valence-electron chi connectivity index (χ3n) is 4.16. The Labute approximate surface area is 147 Å². The quantitative estimate of drug-likeness (QED) is 0.775. The molecule has 3 N–H and O–H groups in total. The minimum Gasteiger partial charge on any atom is -0.497 e. The van der Waals surface area contributed by atoms with Crippen LogP contribution >= 0.6 is 0 Å². The molecule has 1 unspecified atom stereocenters. The fourth-order valence-corrected chi connectivity index (χ4v) is 2.78. The lowest BCUT2D eigenvalue weighted by Gasteiger charge is -2.36. The number of carbonyl (C=O) groups is 1. The number of carbonyl (C=O) groups excluding carboxylic acids is 1. The maximum atomic E-state index is 12.7. The molecule has 1 atom stereocenters. The summed E-state index contributed by atoms with van der Waals surface area (Å²) in [4.78, 5) is 18.6. The number of ether oxygens (including phenoxy) is 1. The second kappa shape index (κ2) is 8.34. The number of nitrogens with zero attached hydrogens (tertiary/aromatic N) is 2. The highest BCUT2D eigenvalue weighted by Gasteiger charge is 2.26. The predicted octanol–water partition coefficient (Wildman–Crippen LogP) is 2.01. The molecule has 7 nitrogen and oxygen atoms in total. The number of benzene rings is 1. The van der Waals surface area contributed by atoms with E-state index in [0.717, 1.165) is 30.2 Å². The van der Waals surface area contributed by atoms with E-state index < -0.39 is 0 Å². The first-order valence-corrected chi connectivity index (χ1v) is 8.32. The Hall–Kier alpha value is -2.80. The smallest absolute Gasteiger partial charge is 0.322 e. The van der Waals surface area contributed by atoms with Crippen LogP contribution in [0.5, 0.6) is 5.75 Å². The summed E-state index contributed by atoms with van der Waals surface area (Å²) in [6, 6.07) is 11.1. The third-order valence-corrected chi connectivity index (χ3v) is 4.16. The van der Waals surface area contributed by atoms with E-state index in [1.165, 1.54) is 0 Å². The largest absolute Gasteiger partial charge is 0.497 e. The van der Waals surface area contributed by atoms with Crippen molar-refractivity contribution in [2.24, 2.45) is 0 Å². The molecule has 7 heteroatoms. The van der Waals surface area contributed by atoms with Crippen LogP contribution in [0.25, 0.3) is 0 Å². The lowest BCUT2D eigenvalue weighted by molar-refractivity contribution is 0.175. The molecule has 25 heavy (non-hydrogen) atoms. The molecule has 0 spiro atoms. The monoisotopic (exact) mass is 341 g/mol. The Morgan fingerprint density at radius 1 is 1.32 bits per heavy atom. The van der Waals surface area contributed by atoms with Crippen LogP contribution in [0.4, 0.5) is 16.2 Å². The Morgan fingerprint density at radius 3 is 2.88 bits per heavy atom. The number of urea groups is 1. The van der Waals surface area contributed by atoms with Crippen LogP contribution in [-0.4, -0.2) is 55.2 Å². The highest BCUT2D eigenvalue weighted by atomic mass is 16.5. The lowest BCUT2D eigenvalue weighted by Crippen LogP contribution is -2.57. The van der Waals surface area contributed by atoms with Gasteiger partial charge in [0.1, 0.15) is 5.75 Å². The summed E-state index contributed by atoms with van der Waals surface area (Å²) in [6.07, 6.45) is 3.51. The van der Waals surface area contributed by atoms with Crippen LogP contribution in [0.2, 0.25) is 0 Å². The molecule has 2 aromatic rings. The van der Waals surface area contributed by atoms with E-state index in [-0.39, 0.29) is 12.1 Å². The summed E-state index contributed by atoms with van der Waals surface area (Å²) in [5, 5.41) is 9.63. The van der Waals surface area contributed by atoms with Crippen molar-refractivity contribution in [2.45, 2.75) is 6.04 Å². The molecule has 0 bridgehead atoms. The number of amides is 2. The molecule has 1 aromatic carbocycles. The highest BCUT2D eigenvalue weighted by molar-refractivity contribution is 5.89. The summed E-state index contributed by atoms with van der Waals surface area (Å²) in [5.41, 5.74) is 1.70. The van der Waals surface area contributed by atoms with Crippen molar-refractivity contribution in [1.82, 2.24) is 15.2 Å². The van der Waals surface area contributed by atoms with E-state index >= 15 is 0 Å². The molecule has 1 aromatic heterocycles. The van der Waals surface area contributed by atoms with Crippen LogP contribution in [0.1, 0.15) is 0 Å². The van der Waals surface area contributed by atoms with Crippen molar-refractivity contribution in [3.8, 4) is 5.75 Å². The van der Waals surface area contributed by atoms with Gasteiger partial charge >= 0.3 is 6.03 Å². The number of aromatic nitrogens is 1. The zero-order valence-corrected chi connectivity index (χ0v) is 14.2. The zero-order valence-electron chi connectivity index (χ0n) is 14.2. The molecule has 1 fully saturated rings. The molecule has 3 rings (SSSR count). The van der Waals surface area contributed by atoms with Gasteiger partial charge in [-0.2, -0.15) is 0 Å². The first-order chi connectivity index (χ1) is 12.3. The molecule has 132 valence electrons. The maximum absolute atomic E-state index is 12.7. The predicted molar refractivity (Wildman–Crippen MR) is 98.1 cm³/mol. The normalized spacial score (nSPS) is 17.0. The average molecular weight is 341 g/mol. The van der Waals surface area contributed by atoms with Gasteiger partial charge in [-0.3, -0.25) is 4.98 Å². The number of nitrogens with one attached hydrogen (secondary N) is 3. The number of rotatable bonds is 5. The van der Waals surface area contributed by atoms with E-state index in [0.29, 0.717) is 13.1 Å². The van der Waals surface area contributed by atoms with Gasteiger partial charge in [-0.1, -0.05) is 0 Å². The van der Waals surface area contributed by atoms with Crippen molar-refractivity contribution in [2.75, 3.05) is 43.9 Å². The first-order valence-electron chi connectivity index (χ1n) is 8.32. The summed E-state index contributed by atoms with van der Waals surface area (Å²) in [6.45, 7) is 2.87. The summed E-state index contributed by atoms with van der Waals surface area (Å²) in [7, 11) is 1.62. The third kappa shape index (κ3) is 4.60. The Bertz CT molecular complexity index is 678. The number of methoxy groups -OCH3 is 1. The lowest BCUT2D eigenvalue weighted by atomic mass is 10.2. The van der Waals surface area contributed by atoms with Crippen LogP contribution < -0.4 is 20.7 Å². The van der Waals surface area contributed by atoms with Gasteiger partial charge in [0.05, 0.1) is 18.8 Å². The van der Waals surface area contributed by atoms with Crippen molar-refractivity contribution >= 4 is 17.4 Å². The van der Waals surface area contributed by atoms with E-state index in [4.69, 9.17) is 4.74 Å². The van der Waals surface area contributed by atoms with E-state index in [9.17, 15) is 4.79 Å². The maximum Gasteiger partial charge on any atom is 0.322 e. The first kappa shape index (κ1) is 17.0. The summed E-state index contributed by atoms with van der Waals surface area (Å²) >= 11 is 0. The molecule has 0 saturated carbocycles. The number of hydrogen-bond acceptors (Lipinski definition) is 5. The number of hydrogen-bond donors (Lipinski definition) is 3. The van der Waals surface area contributed by atoms with E-state index in [1.807, 2.05) is 41.3 Å². The molecule has 2 amide bonds. The molecule has 1 saturated heterocycles. The second-order valence-corrected chi connectivity index (χ2v) is 5.83. The molecule has 0 aliphatic carbocycles. The van der Waals surface area contributed by atoms with E-state index in [2.05, 4.69) is 20.9 Å². The van der Waals surface area contributed by atoms with Gasteiger partial charge in [-0.05, 0) is 36.4 Å². The zero-order chi connectivity index (χ0) is 17.5. The van der Waals surface area contributed by atoms with Crippen LogP contribution in [0.3, 0.4) is 0 Å². The van der Waals surface area contributed by atoms with E-state index in [1.54, 1.807) is 19.5 Å². The second-order valence-electron chi connectivity index (χ2n) is 5.83. The molecule has 0 radical (unpaired) electrons. The van der Waals surface area contributed by atoms with Gasteiger partial charge in [-0.15, -0.1) is 0 Å². The molecule has 2 heterocycles. The van der Waals surface area contributed by atoms with Gasteiger partial charge in [-0.25, -0.2) is 4.79 Å². The average Bonchev–Trinajstić information content (AvgIpc) is 2.68. The van der Waals surface area contributed by atoms with Crippen LogP contribution in [0.15, 0.2) is 48.8 Å². The van der Waals surface area contributed by atoms with Gasteiger partial charge < -0.3 is 25.6 Å². The van der Waals surface area contributed by atoms with Crippen LogP contribution in [-0.2, 0) is 0 Å². The number of piperazine rings is 1. The van der Waals surface area contributed by atoms with Crippen molar-refractivity contribution in [3.63, 3.8) is 0 Å². The van der Waals surface area contributed by atoms with Crippen molar-refractivity contribution < 1.29 is 9.53 Å². The fourth-order valence-electron chi connectivity index (χ4n) is 2.78. The Morgan fingerprint density at radius 2 is 2.16 bits per heavy atom. The molecule has 1 aliphatic heterocycles. The van der Waals surface area contributed by atoms with Gasteiger partial charge in [0.15, 0.2) is 0 Å². The summed E-state index contributed by atoms with van der Waals surface area (Å²) in [5.74, 6) is 0.763. The van der Waals surface area contributed by atoms with Crippen LogP contribution in [0, 0.1) is 0 Å². The van der Waals surface area contributed by atoms with Gasteiger partial charge in [0, 0.05) is 44.3 Å². The Balaban J connectivity index is 1.60. The van der Waals surface area contributed by atoms with Gasteiger partial charge in [0.2, 0.25) is 0 Å². The SMILES string of the molecule is COc1ccc(NC(=O)N2CCNCC2CNc2cccnc2)cc1. The van der Waals surface area contributed by atoms with Gasteiger partial charge in [0.25, 0.3) is 0 Å². The standard InChI is InChI=1S/C18H23N5O2/c1-25-17-6-4-14(5-7-17)22-18(24)23-10-9-20-12-16(23)13-21-15-3-2-8-19-11-15/h2-8,11,16,20-21H,9-10,12-13H2,1H3,(H,22,24). The summed E-state index contributed by atoms with van der Waals surface area (Å²) < 4.78 is 5.14. The van der Waals surface area contributed by atoms with Crippen molar-refractivity contribution in [3.05, 3.63) is 48.8 Å². The molecular weight excluding hydrogens is 318 g/mol. The number of anilines is 2. The molecular formula is C18H23N5O2. The minimum absolute atomic E-state index is 0.0622. The fraction of sp³-hybridized carbons (Fsp3) is 0.333. The topological polar surface area (TPSA) is 78.5 Å². The van der Waals surface area contributed by atoms with Crippen molar-refractivity contribution in [1.29, 1.82) is 0 Å². The Kier molecular flexibility index (Phi) is 5.69. The molecule has 1 aliphatic rings. The highest BCUT2D eigenvalue weighted by Crippen LogP contribution is 2.16. The number of pyridine rings is 1.